The van der Waals surface area contributed by atoms with Crippen LogP contribution >= 0.6 is 12.4 Å². The van der Waals surface area contributed by atoms with E-state index in [9.17, 15) is 13.2 Å². The van der Waals surface area contributed by atoms with Crippen LogP contribution in [0.4, 0.5) is 5.69 Å². The lowest BCUT2D eigenvalue weighted by Gasteiger charge is -2.06. The fourth-order valence-electron chi connectivity index (χ4n) is 1.84. The molecule has 5 nitrogen and oxygen atoms in total. The van der Waals surface area contributed by atoms with Crippen LogP contribution in [0.1, 0.15) is 12.0 Å². The molecule has 1 amide bonds. The number of aryl methyl sites for hydroxylation is 1. The molecule has 0 aromatic heterocycles. The maximum Gasteiger partial charge on any atom is 0.225 e. The van der Waals surface area contributed by atoms with E-state index >= 15 is 0 Å². The molecule has 1 heterocycles. The van der Waals surface area contributed by atoms with Crippen molar-refractivity contribution in [2.75, 3.05) is 17.6 Å². The number of benzene rings is 1. The third-order valence-corrected chi connectivity index (χ3v) is 4.49. The number of nitrogens with one attached hydrogen (secondary N) is 1. The van der Waals surface area contributed by atoms with Crippen LogP contribution in [-0.4, -0.2) is 26.6 Å². The van der Waals surface area contributed by atoms with Crippen LogP contribution in [-0.2, 0) is 21.1 Å². The fraction of sp³-hybridized carbons (Fsp3) is 0.364. The minimum absolute atomic E-state index is 0. The Morgan fingerprint density at radius 2 is 2.11 bits per heavy atom. The summed E-state index contributed by atoms with van der Waals surface area (Å²) in [6.07, 6.45) is 0.776. The van der Waals surface area contributed by atoms with E-state index in [-0.39, 0.29) is 37.0 Å². The second kappa shape index (κ2) is 5.69. The monoisotopic (exact) mass is 290 g/mol. The molecule has 100 valence electrons. The number of carbonyl (C=O) groups excluding carboxylic acids is 1. The predicted octanol–water partition coefficient (Wildman–Crippen LogP) is 0.725. The van der Waals surface area contributed by atoms with E-state index < -0.39 is 9.84 Å². The normalized spacial score (nSPS) is 15.6. The molecule has 0 atom stereocenters. The van der Waals surface area contributed by atoms with E-state index in [2.05, 4.69) is 5.32 Å². The van der Waals surface area contributed by atoms with E-state index in [0.29, 0.717) is 17.0 Å². The molecule has 0 saturated carbocycles. The third kappa shape index (κ3) is 3.01. The van der Waals surface area contributed by atoms with Gasteiger partial charge in [-0.15, -0.1) is 12.4 Å². The third-order valence-electron chi connectivity index (χ3n) is 2.70. The molecule has 0 saturated heterocycles. The van der Waals surface area contributed by atoms with Crippen molar-refractivity contribution in [3.8, 4) is 0 Å². The number of anilines is 1. The number of hydrogen-bond acceptors (Lipinski definition) is 4. The SMILES string of the molecule is Cl.NCCC(=O)Nc1ccc2c(c1)S(=O)(=O)CC2. The Hall–Kier alpha value is -1.11. The molecule has 0 radical (unpaired) electrons. The summed E-state index contributed by atoms with van der Waals surface area (Å²) in [5.74, 6) is -0.0504. The van der Waals surface area contributed by atoms with Gasteiger partial charge in [-0.1, -0.05) is 6.07 Å². The zero-order valence-corrected chi connectivity index (χ0v) is 11.3. The molecule has 1 aromatic rings. The second-order valence-corrected chi connectivity index (χ2v) is 6.06. The Kier molecular flexibility index (Phi) is 4.72. The smallest absolute Gasteiger partial charge is 0.225 e. The summed E-state index contributed by atoms with van der Waals surface area (Å²) in [6, 6.07) is 4.98. The largest absolute Gasteiger partial charge is 0.330 e. The van der Waals surface area contributed by atoms with Gasteiger partial charge in [0.1, 0.15) is 0 Å². The molecule has 7 heteroatoms. The molecule has 1 aromatic carbocycles. The first-order valence-electron chi connectivity index (χ1n) is 5.38. The van der Waals surface area contributed by atoms with Crippen molar-refractivity contribution >= 4 is 33.8 Å². The Bertz CT molecular complexity index is 557. The van der Waals surface area contributed by atoms with Crippen LogP contribution in [0.2, 0.25) is 0 Å². The van der Waals surface area contributed by atoms with Gasteiger partial charge in [0.2, 0.25) is 5.91 Å². The van der Waals surface area contributed by atoms with E-state index in [0.717, 1.165) is 5.56 Å². The Balaban J connectivity index is 0.00000162. The van der Waals surface area contributed by atoms with Crippen molar-refractivity contribution in [1.82, 2.24) is 0 Å². The van der Waals surface area contributed by atoms with Crippen molar-refractivity contribution in [2.45, 2.75) is 17.7 Å². The van der Waals surface area contributed by atoms with Crippen molar-refractivity contribution < 1.29 is 13.2 Å². The highest BCUT2D eigenvalue weighted by molar-refractivity contribution is 7.91. The van der Waals surface area contributed by atoms with Crippen LogP contribution in [0, 0.1) is 0 Å². The number of amides is 1. The van der Waals surface area contributed by atoms with Gasteiger partial charge >= 0.3 is 0 Å². The summed E-state index contributed by atoms with van der Waals surface area (Å²) in [6.45, 7) is 0.273. The van der Waals surface area contributed by atoms with Gasteiger partial charge in [-0.05, 0) is 24.1 Å². The number of rotatable bonds is 3. The highest BCUT2D eigenvalue weighted by Crippen LogP contribution is 2.28. The topological polar surface area (TPSA) is 89.3 Å². The fourth-order valence-corrected chi connectivity index (χ4v) is 3.42. The lowest BCUT2D eigenvalue weighted by Crippen LogP contribution is -2.16. The molecule has 0 aliphatic carbocycles. The number of sulfone groups is 1. The van der Waals surface area contributed by atoms with Gasteiger partial charge in [0, 0.05) is 18.7 Å². The zero-order chi connectivity index (χ0) is 12.5. The summed E-state index contributed by atoms with van der Waals surface area (Å²) >= 11 is 0. The van der Waals surface area contributed by atoms with Crippen molar-refractivity contribution in [1.29, 1.82) is 0 Å². The molecule has 18 heavy (non-hydrogen) atoms. The summed E-state index contributed by atoms with van der Waals surface area (Å²) in [4.78, 5) is 11.7. The van der Waals surface area contributed by atoms with E-state index in [4.69, 9.17) is 5.73 Å². The molecule has 0 bridgehead atoms. The predicted molar refractivity (Wildman–Crippen MR) is 71.7 cm³/mol. The molecule has 0 fully saturated rings. The average Bonchev–Trinajstić information content (AvgIpc) is 2.55. The van der Waals surface area contributed by atoms with E-state index in [1.807, 2.05) is 0 Å². The zero-order valence-electron chi connectivity index (χ0n) is 9.68. The van der Waals surface area contributed by atoms with Gasteiger partial charge in [-0.2, -0.15) is 0 Å². The molecule has 1 aliphatic rings. The molecule has 1 aliphatic heterocycles. The summed E-state index contributed by atoms with van der Waals surface area (Å²) < 4.78 is 23.4. The number of hydrogen-bond donors (Lipinski definition) is 2. The maximum absolute atomic E-state index is 11.7. The molecule has 0 spiro atoms. The van der Waals surface area contributed by atoms with Gasteiger partial charge in [-0.3, -0.25) is 4.79 Å². The number of fused-ring (bicyclic) bond motifs is 1. The first kappa shape index (κ1) is 14.9. The van der Waals surface area contributed by atoms with Gasteiger partial charge in [0.25, 0.3) is 0 Å². The van der Waals surface area contributed by atoms with Crippen molar-refractivity contribution in [3.05, 3.63) is 23.8 Å². The highest BCUT2D eigenvalue weighted by Gasteiger charge is 2.26. The van der Waals surface area contributed by atoms with Crippen LogP contribution in [0.3, 0.4) is 0 Å². The van der Waals surface area contributed by atoms with Crippen molar-refractivity contribution in [2.24, 2.45) is 5.73 Å². The summed E-state index contributed by atoms with van der Waals surface area (Å²) in [5.41, 5.74) is 6.59. The van der Waals surface area contributed by atoms with Gasteiger partial charge in [-0.25, -0.2) is 8.42 Å². The number of nitrogens with two attached hydrogens (primary N) is 1. The highest BCUT2D eigenvalue weighted by atomic mass is 35.5. The standard InChI is InChI=1S/C11H14N2O3S.ClH/c12-5-3-11(14)13-9-2-1-8-4-6-17(15,16)10(8)7-9;/h1-2,7H,3-6,12H2,(H,13,14);1H. The lowest BCUT2D eigenvalue weighted by atomic mass is 10.1. The quantitative estimate of drug-likeness (QED) is 0.859. The molecular formula is C11H15ClN2O3S. The Morgan fingerprint density at radius 3 is 2.78 bits per heavy atom. The second-order valence-electron chi connectivity index (χ2n) is 3.98. The van der Waals surface area contributed by atoms with E-state index in [1.54, 1.807) is 12.1 Å². The lowest BCUT2D eigenvalue weighted by molar-refractivity contribution is -0.116. The summed E-state index contributed by atoms with van der Waals surface area (Å²) in [5, 5.41) is 2.63. The van der Waals surface area contributed by atoms with Crippen molar-refractivity contribution in [3.63, 3.8) is 0 Å². The first-order valence-corrected chi connectivity index (χ1v) is 7.04. The maximum atomic E-state index is 11.7. The Morgan fingerprint density at radius 1 is 1.39 bits per heavy atom. The van der Waals surface area contributed by atoms with Crippen LogP contribution in [0.5, 0.6) is 0 Å². The van der Waals surface area contributed by atoms with Gasteiger partial charge in [0.05, 0.1) is 10.6 Å². The number of carbonyl (C=O) groups is 1. The van der Waals surface area contributed by atoms with Gasteiger partial charge < -0.3 is 11.1 Å². The average molecular weight is 291 g/mol. The number of halogens is 1. The van der Waals surface area contributed by atoms with Gasteiger partial charge in [0.15, 0.2) is 9.84 Å². The molecule has 2 rings (SSSR count). The minimum Gasteiger partial charge on any atom is -0.330 e. The molecule has 0 unspecified atom stereocenters. The van der Waals surface area contributed by atoms with Crippen LogP contribution in [0.25, 0.3) is 0 Å². The first-order chi connectivity index (χ1) is 8.03. The van der Waals surface area contributed by atoms with Crippen LogP contribution in [0.15, 0.2) is 23.1 Å². The Labute approximate surface area is 112 Å². The molecular weight excluding hydrogens is 276 g/mol. The minimum atomic E-state index is -3.15. The molecule has 3 N–H and O–H groups in total. The van der Waals surface area contributed by atoms with Crippen LogP contribution < -0.4 is 11.1 Å². The summed E-state index contributed by atoms with van der Waals surface area (Å²) in [7, 11) is -3.15. The van der Waals surface area contributed by atoms with E-state index in [1.165, 1.54) is 6.07 Å².